The van der Waals surface area contributed by atoms with Gasteiger partial charge in [0.15, 0.2) is 0 Å². The van der Waals surface area contributed by atoms with Gasteiger partial charge in [0.2, 0.25) is 7.29 Å². The molecular weight excluding hydrogens is 381 g/mol. The fourth-order valence-corrected chi connectivity index (χ4v) is 12.7. The van der Waals surface area contributed by atoms with Gasteiger partial charge in [-0.1, -0.05) is 102 Å². The van der Waals surface area contributed by atoms with Crippen molar-refractivity contribution in [1.29, 1.82) is 0 Å². The fraction of sp³-hybridized carbons (Fsp3) is 0.455. The van der Waals surface area contributed by atoms with E-state index in [9.17, 15) is 0 Å². The molecule has 27 heavy (non-hydrogen) atoms. The molecule has 0 saturated heterocycles. The lowest BCUT2D eigenvalue weighted by atomic mass is 10.4. The molecule has 0 aliphatic carbocycles. The molecule has 0 unspecified atom stereocenters. The molecule has 0 radical (unpaired) electrons. The Hall–Kier alpha value is -0.936. The molecule has 2 aromatic rings. The van der Waals surface area contributed by atoms with Gasteiger partial charge in [0.05, 0.1) is 16.1 Å². The molecule has 2 rings (SSSR count). The summed E-state index contributed by atoms with van der Waals surface area (Å²) in [7, 11) is -6.19. The molecule has 0 aromatic heterocycles. The number of benzene rings is 2. The van der Waals surface area contributed by atoms with E-state index in [1.54, 1.807) is 0 Å². The van der Waals surface area contributed by atoms with Crippen LogP contribution in [0.15, 0.2) is 48.5 Å². The SMILES string of the molecule is CCN(CC)P(=O)(c1ccccc1[Si](C)(C)C)c1ccccc1[Si](C)(C)C. The van der Waals surface area contributed by atoms with Gasteiger partial charge in [-0.25, -0.2) is 4.67 Å². The molecular formula is C22H36NOPSi2. The van der Waals surface area contributed by atoms with Crippen molar-refractivity contribution in [3.63, 3.8) is 0 Å². The summed E-state index contributed by atoms with van der Waals surface area (Å²) in [5.41, 5.74) is 0. The molecule has 0 fully saturated rings. The van der Waals surface area contributed by atoms with Crippen molar-refractivity contribution in [2.45, 2.75) is 53.1 Å². The Morgan fingerprint density at radius 3 is 1.33 bits per heavy atom. The van der Waals surface area contributed by atoms with Crippen molar-refractivity contribution in [2.75, 3.05) is 13.1 Å². The predicted molar refractivity (Wildman–Crippen MR) is 129 cm³/mol. The average Bonchev–Trinajstić information content (AvgIpc) is 2.61. The lowest BCUT2D eigenvalue weighted by Crippen LogP contribution is -2.54. The fourth-order valence-electron chi connectivity index (χ4n) is 3.80. The van der Waals surface area contributed by atoms with Crippen molar-refractivity contribution >= 4 is 44.4 Å². The molecule has 0 atom stereocenters. The lowest BCUT2D eigenvalue weighted by molar-refractivity contribution is 0.458. The van der Waals surface area contributed by atoms with Crippen molar-refractivity contribution in [3.05, 3.63) is 48.5 Å². The molecule has 0 saturated carbocycles. The van der Waals surface area contributed by atoms with Crippen LogP contribution in [0.3, 0.4) is 0 Å². The molecule has 0 N–H and O–H groups in total. The van der Waals surface area contributed by atoms with E-state index in [0.717, 1.165) is 23.7 Å². The molecule has 2 nitrogen and oxygen atoms in total. The van der Waals surface area contributed by atoms with Gasteiger partial charge < -0.3 is 0 Å². The minimum atomic E-state index is -2.90. The van der Waals surface area contributed by atoms with E-state index < -0.39 is 23.4 Å². The first-order valence-corrected chi connectivity index (χ1v) is 18.7. The van der Waals surface area contributed by atoms with Crippen LogP contribution in [0, 0.1) is 0 Å². The summed E-state index contributed by atoms with van der Waals surface area (Å²) >= 11 is 0. The van der Waals surface area contributed by atoms with Gasteiger partial charge in [-0.2, -0.15) is 0 Å². The Morgan fingerprint density at radius 2 is 1.04 bits per heavy atom. The summed E-state index contributed by atoms with van der Waals surface area (Å²) in [6.07, 6.45) is 0. The number of nitrogens with zero attached hydrogens (tertiary/aromatic N) is 1. The van der Waals surface area contributed by atoms with Crippen LogP contribution < -0.4 is 21.0 Å². The highest BCUT2D eigenvalue weighted by Gasteiger charge is 2.40. The van der Waals surface area contributed by atoms with Crippen LogP contribution >= 0.6 is 7.29 Å². The highest BCUT2D eigenvalue weighted by Crippen LogP contribution is 2.46. The third-order valence-electron chi connectivity index (χ3n) is 5.21. The summed E-state index contributed by atoms with van der Waals surface area (Å²) in [4.78, 5) is 0. The normalized spacial score (nSPS) is 13.2. The summed E-state index contributed by atoms with van der Waals surface area (Å²) < 4.78 is 17.3. The molecule has 148 valence electrons. The van der Waals surface area contributed by atoms with E-state index in [1.165, 1.54) is 10.4 Å². The highest BCUT2D eigenvalue weighted by molar-refractivity contribution is 7.77. The minimum absolute atomic E-state index is 0.786. The van der Waals surface area contributed by atoms with Gasteiger partial charge in [-0.3, -0.25) is 4.57 Å². The molecule has 0 aliphatic heterocycles. The summed E-state index contributed by atoms with van der Waals surface area (Å²) in [6.45, 7) is 19.9. The Bertz CT molecular complexity index is 771. The van der Waals surface area contributed by atoms with Crippen molar-refractivity contribution < 1.29 is 4.57 Å². The van der Waals surface area contributed by atoms with Crippen LogP contribution in [-0.2, 0) is 4.57 Å². The van der Waals surface area contributed by atoms with E-state index in [1.807, 2.05) is 0 Å². The van der Waals surface area contributed by atoms with E-state index in [4.69, 9.17) is 0 Å². The summed E-state index contributed by atoms with van der Waals surface area (Å²) in [5, 5.41) is 4.79. The smallest absolute Gasteiger partial charge is 0.206 e. The first-order chi connectivity index (χ1) is 12.5. The first-order valence-electron chi connectivity index (χ1n) is 10.0. The van der Waals surface area contributed by atoms with Crippen molar-refractivity contribution in [3.8, 4) is 0 Å². The second-order valence-electron chi connectivity index (χ2n) is 9.25. The predicted octanol–water partition coefficient (Wildman–Crippen LogP) is 4.35. The quantitative estimate of drug-likeness (QED) is 0.493. The largest absolute Gasteiger partial charge is 0.296 e. The number of hydrogen-bond donors (Lipinski definition) is 0. The molecule has 2 aromatic carbocycles. The van der Waals surface area contributed by atoms with Crippen LogP contribution in [0.1, 0.15) is 13.8 Å². The zero-order chi connectivity index (χ0) is 20.5. The van der Waals surface area contributed by atoms with Crippen LogP contribution in [-0.4, -0.2) is 33.9 Å². The van der Waals surface area contributed by atoms with Crippen molar-refractivity contribution in [1.82, 2.24) is 4.67 Å². The van der Waals surface area contributed by atoms with Crippen LogP contribution in [0.2, 0.25) is 39.3 Å². The molecule has 0 bridgehead atoms. The van der Waals surface area contributed by atoms with Gasteiger partial charge in [-0.15, -0.1) is 0 Å². The van der Waals surface area contributed by atoms with E-state index in [2.05, 4.69) is 106 Å². The van der Waals surface area contributed by atoms with Crippen LogP contribution in [0.4, 0.5) is 0 Å². The Balaban J connectivity index is 2.94. The van der Waals surface area contributed by atoms with Gasteiger partial charge in [0.25, 0.3) is 0 Å². The maximum Gasteiger partial charge on any atom is 0.206 e. The van der Waals surface area contributed by atoms with E-state index >= 15 is 4.57 Å². The van der Waals surface area contributed by atoms with Crippen LogP contribution in [0.5, 0.6) is 0 Å². The van der Waals surface area contributed by atoms with Gasteiger partial charge in [0.1, 0.15) is 0 Å². The van der Waals surface area contributed by atoms with Crippen LogP contribution in [0.25, 0.3) is 0 Å². The number of rotatable bonds is 7. The minimum Gasteiger partial charge on any atom is -0.296 e. The molecule has 0 heterocycles. The standard InChI is InChI=1S/C22H36NOPSi2/c1-9-23(10-2)25(24,19-15-11-13-17-21(19)26(3,4)5)20-16-12-14-18-22(20)27(6,7)8/h11-18H,9-10H2,1-8H3. The van der Waals surface area contributed by atoms with Gasteiger partial charge in [-0.05, 0) is 10.4 Å². The third-order valence-corrected chi connectivity index (χ3v) is 13.2. The Labute approximate surface area is 168 Å². The Kier molecular flexibility index (Phi) is 6.79. The zero-order valence-electron chi connectivity index (χ0n) is 18.3. The highest BCUT2D eigenvalue weighted by atomic mass is 31.2. The maximum atomic E-state index is 15.1. The maximum absolute atomic E-state index is 15.1. The monoisotopic (exact) mass is 417 g/mol. The van der Waals surface area contributed by atoms with E-state index in [0.29, 0.717) is 0 Å². The third kappa shape index (κ3) is 4.40. The molecule has 5 heteroatoms. The van der Waals surface area contributed by atoms with Gasteiger partial charge in [0, 0.05) is 23.7 Å². The molecule has 0 spiro atoms. The number of hydrogen-bond acceptors (Lipinski definition) is 1. The molecule has 0 amide bonds. The zero-order valence-corrected chi connectivity index (χ0v) is 21.2. The van der Waals surface area contributed by atoms with Crippen molar-refractivity contribution in [2.24, 2.45) is 0 Å². The van der Waals surface area contributed by atoms with E-state index in [-0.39, 0.29) is 0 Å². The second-order valence-corrected chi connectivity index (χ2v) is 22.0. The molecule has 0 aliphatic rings. The lowest BCUT2D eigenvalue weighted by Gasteiger charge is -2.36. The Morgan fingerprint density at radius 1 is 0.704 bits per heavy atom. The topological polar surface area (TPSA) is 20.3 Å². The average molecular weight is 418 g/mol. The second kappa shape index (κ2) is 8.20. The van der Waals surface area contributed by atoms with Gasteiger partial charge >= 0.3 is 0 Å². The summed E-state index contributed by atoms with van der Waals surface area (Å²) in [5.74, 6) is 0. The first kappa shape index (κ1) is 22.4. The summed E-state index contributed by atoms with van der Waals surface area (Å²) in [6, 6.07) is 17.0.